The topological polar surface area (TPSA) is 62.0 Å². The normalized spacial score (nSPS) is 10.4. The highest BCUT2D eigenvalue weighted by atomic mass is 16.1. The van der Waals surface area contributed by atoms with Crippen LogP contribution < -0.4 is 10.7 Å². The third-order valence-corrected chi connectivity index (χ3v) is 1.56. The van der Waals surface area contributed by atoms with Crippen LogP contribution in [0.1, 0.15) is 12.6 Å². The highest BCUT2D eigenvalue weighted by molar-refractivity contribution is 5.73. The number of carbonyl (C=O) groups is 1. The monoisotopic (exact) mass is 192 g/mol. The molecule has 0 saturated carbocycles. The van der Waals surface area contributed by atoms with E-state index in [1.807, 2.05) is 0 Å². The van der Waals surface area contributed by atoms with E-state index < -0.39 is 0 Å². The zero-order valence-corrected chi connectivity index (χ0v) is 7.91. The van der Waals surface area contributed by atoms with Crippen LogP contribution >= 0.6 is 0 Å². The standard InChI is InChI=1S/C10H12N2O2/c1-8(13)11-5-2-3-9-7-10(14)4-6-12-9/h2-4,6-7H,5H2,1H3,(H,11,13)(H,12,14). The van der Waals surface area contributed by atoms with Crippen LogP contribution in [-0.2, 0) is 4.79 Å². The van der Waals surface area contributed by atoms with Gasteiger partial charge in [0.05, 0.1) is 0 Å². The molecule has 0 saturated heterocycles. The van der Waals surface area contributed by atoms with Gasteiger partial charge in [0.15, 0.2) is 5.43 Å². The number of aromatic amines is 1. The number of amides is 1. The molecule has 0 spiro atoms. The highest BCUT2D eigenvalue weighted by Crippen LogP contribution is 1.91. The average molecular weight is 192 g/mol. The summed E-state index contributed by atoms with van der Waals surface area (Å²) in [5.41, 5.74) is 0.686. The van der Waals surface area contributed by atoms with Gasteiger partial charge in [-0.2, -0.15) is 0 Å². The van der Waals surface area contributed by atoms with E-state index >= 15 is 0 Å². The maximum atomic E-state index is 10.9. The van der Waals surface area contributed by atoms with Crippen molar-refractivity contribution in [1.29, 1.82) is 0 Å². The van der Waals surface area contributed by atoms with Crippen molar-refractivity contribution in [3.8, 4) is 0 Å². The van der Waals surface area contributed by atoms with E-state index in [1.165, 1.54) is 19.1 Å². The second-order valence-corrected chi connectivity index (χ2v) is 2.82. The smallest absolute Gasteiger partial charge is 0.217 e. The Hall–Kier alpha value is -1.84. The van der Waals surface area contributed by atoms with Crippen molar-refractivity contribution < 1.29 is 4.79 Å². The van der Waals surface area contributed by atoms with Gasteiger partial charge in [0, 0.05) is 37.5 Å². The minimum Gasteiger partial charge on any atom is -0.361 e. The molecule has 2 N–H and O–H groups in total. The van der Waals surface area contributed by atoms with Crippen molar-refractivity contribution >= 4 is 12.0 Å². The first kappa shape index (κ1) is 10.2. The van der Waals surface area contributed by atoms with Gasteiger partial charge in [0.2, 0.25) is 5.91 Å². The van der Waals surface area contributed by atoms with Crippen molar-refractivity contribution in [2.45, 2.75) is 6.92 Å². The first-order chi connectivity index (χ1) is 6.68. The molecule has 4 nitrogen and oxygen atoms in total. The molecular weight excluding hydrogens is 180 g/mol. The fourth-order valence-electron chi connectivity index (χ4n) is 0.948. The lowest BCUT2D eigenvalue weighted by molar-refractivity contribution is -0.118. The summed E-state index contributed by atoms with van der Waals surface area (Å²) in [4.78, 5) is 24.3. The minimum atomic E-state index is -0.0730. The van der Waals surface area contributed by atoms with Gasteiger partial charge in [-0.05, 0) is 6.08 Å². The molecule has 0 aliphatic heterocycles. The predicted molar refractivity (Wildman–Crippen MR) is 54.8 cm³/mol. The van der Waals surface area contributed by atoms with E-state index in [1.54, 1.807) is 18.3 Å². The molecule has 74 valence electrons. The van der Waals surface area contributed by atoms with E-state index in [0.29, 0.717) is 6.54 Å². The van der Waals surface area contributed by atoms with E-state index in [2.05, 4.69) is 10.3 Å². The quantitative estimate of drug-likeness (QED) is 0.733. The molecule has 1 rings (SSSR count). The van der Waals surface area contributed by atoms with Gasteiger partial charge < -0.3 is 10.3 Å². The summed E-state index contributed by atoms with van der Waals surface area (Å²) < 4.78 is 0. The summed E-state index contributed by atoms with van der Waals surface area (Å²) in [5, 5.41) is 2.61. The molecule has 0 radical (unpaired) electrons. The number of hydrogen-bond acceptors (Lipinski definition) is 2. The molecule has 1 heterocycles. The van der Waals surface area contributed by atoms with E-state index in [4.69, 9.17) is 0 Å². The average Bonchev–Trinajstić information content (AvgIpc) is 2.12. The molecule has 1 amide bonds. The number of nitrogens with one attached hydrogen (secondary N) is 2. The Morgan fingerprint density at radius 2 is 2.43 bits per heavy atom. The molecule has 0 bridgehead atoms. The van der Waals surface area contributed by atoms with Gasteiger partial charge in [-0.3, -0.25) is 9.59 Å². The third-order valence-electron chi connectivity index (χ3n) is 1.56. The predicted octanol–water partition coefficient (Wildman–Crippen LogP) is 0.524. The first-order valence-electron chi connectivity index (χ1n) is 4.28. The maximum Gasteiger partial charge on any atom is 0.217 e. The van der Waals surface area contributed by atoms with E-state index in [9.17, 15) is 9.59 Å². The maximum absolute atomic E-state index is 10.9. The van der Waals surface area contributed by atoms with Crippen LogP contribution in [0.3, 0.4) is 0 Å². The lowest BCUT2D eigenvalue weighted by atomic mass is 10.3. The van der Waals surface area contributed by atoms with Gasteiger partial charge in [0.25, 0.3) is 0 Å². The Bertz CT molecular complexity index is 393. The molecule has 0 fully saturated rings. The summed E-state index contributed by atoms with van der Waals surface area (Å²) in [6.45, 7) is 1.92. The first-order valence-corrected chi connectivity index (χ1v) is 4.28. The summed E-state index contributed by atoms with van der Waals surface area (Å²) >= 11 is 0. The Morgan fingerprint density at radius 3 is 3.07 bits per heavy atom. The highest BCUT2D eigenvalue weighted by Gasteiger charge is 1.88. The molecule has 4 heteroatoms. The lowest BCUT2D eigenvalue weighted by Crippen LogP contribution is -2.19. The molecular formula is C10H12N2O2. The van der Waals surface area contributed by atoms with E-state index in [0.717, 1.165) is 5.69 Å². The molecule has 0 aliphatic rings. The second-order valence-electron chi connectivity index (χ2n) is 2.82. The molecule has 1 aromatic rings. The van der Waals surface area contributed by atoms with Gasteiger partial charge in [-0.25, -0.2) is 0 Å². The number of rotatable bonds is 3. The number of hydrogen-bond donors (Lipinski definition) is 2. The number of H-pyrrole nitrogens is 1. The second kappa shape index (κ2) is 5.01. The molecule has 14 heavy (non-hydrogen) atoms. The third kappa shape index (κ3) is 3.71. The van der Waals surface area contributed by atoms with Crippen LogP contribution in [0.15, 0.2) is 29.2 Å². The summed E-state index contributed by atoms with van der Waals surface area (Å²) in [7, 11) is 0. The van der Waals surface area contributed by atoms with Gasteiger partial charge >= 0.3 is 0 Å². The van der Waals surface area contributed by atoms with Crippen LogP contribution in [0, 0.1) is 0 Å². The van der Waals surface area contributed by atoms with Gasteiger partial charge in [-0.1, -0.05) is 6.08 Å². The lowest BCUT2D eigenvalue weighted by Gasteiger charge is -1.95. The van der Waals surface area contributed by atoms with Crippen molar-refractivity contribution in [2.75, 3.05) is 6.54 Å². The Labute approximate surface area is 81.7 Å². The summed E-state index contributed by atoms with van der Waals surface area (Å²) in [5.74, 6) is -0.0730. The molecule has 0 aliphatic carbocycles. The Morgan fingerprint density at radius 1 is 1.64 bits per heavy atom. The number of aromatic nitrogens is 1. The van der Waals surface area contributed by atoms with Crippen molar-refractivity contribution in [3.63, 3.8) is 0 Å². The van der Waals surface area contributed by atoms with Crippen LogP contribution in [0.25, 0.3) is 6.08 Å². The summed E-state index contributed by atoms with van der Waals surface area (Å²) in [6.07, 6.45) is 5.10. The minimum absolute atomic E-state index is 0.0390. The Balaban J connectivity index is 2.52. The van der Waals surface area contributed by atoms with Crippen LogP contribution in [0.4, 0.5) is 0 Å². The van der Waals surface area contributed by atoms with Crippen molar-refractivity contribution in [3.05, 3.63) is 40.3 Å². The fourth-order valence-corrected chi connectivity index (χ4v) is 0.948. The number of carbonyl (C=O) groups excluding carboxylic acids is 1. The van der Waals surface area contributed by atoms with Gasteiger partial charge in [-0.15, -0.1) is 0 Å². The summed E-state index contributed by atoms with van der Waals surface area (Å²) in [6, 6.07) is 2.94. The molecule has 0 atom stereocenters. The van der Waals surface area contributed by atoms with Crippen LogP contribution in [-0.4, -0.2) is 17.4 Å². The Kier molecular flexibility index (Phi) is 3.67. The van der Waals surface area contributed by atoms with Crippen molar-refractivity contribution in [1.82, 2.24) is 10.3 Å². The zero-order valence-electron chi connectivity index (χ0n) is 7.91. The number of pyridine rings is 1. The molecule has 0 unspecified atom stereocenters. The fraction of sp³-hybridized carbons (Fsp3) is 0.200. The van der Waals surface area contributed by atoms with Gasteiger partial charge in [0.1, 0.15) is 0 Å². The SMILES string of the molecule is CC(=O)NCC=Cc1cc(=O)cc[nH]1. The largest absolute Gasteiger partial charge is 0.361 e. The van der Waals surface area contributed by atoms with Crippen LogP contribution in [0.2, 0.25) is 0 Å². The van der Waals surface area contributed by atoms with Crippen molar-refractivity contribution in [2.24, 2.45) is 0 Å². The van der Waals surface area contributed by atoms with E-state index in [-0.39, 0.29) is 11.3 Å². The zero-order chi connectivity index (χ0) is 10.4. The molecule has 0 aromatic carbocycles. The van der Waals surface area contributed by atoms with Crippen LogP contribution in [0.5, 0.6) is 0 Å². The molecule has 1 aromatic heterocycles.